The molecule has 0 amide bonds. The fraction of sp³-hybridized carbons (Fsp3) is 0.182. The number of hydrogen-bond acceptors (Lipinski definition) is 3. The van der Waals surface area contributed by atoms with Crippen LogP contribution in [-0.2, 0) is 16.0 Å². The lowest BCUT2D eigenvalue weighted by Gasteiger charge is -2.00. The van der Waals surface area contributed by atoms with Crippen LogP contribution >= 0.6 is 11.3 Å². The Bertz CT molecular complexity index is 434. The van der Waals surface area contributed by atoms with Crippen LogP contribution in [0.1, 0.15) is 5.56 Å². The van der Waals surface area contributed by atoms with E-state index in [1.807, 2.05) is 0 Å². The van der Waals surface area contributed by atoms with Gasteiger partial charge in [-0.05, 0) is 28.5 Å². The van der Waals surface area contributed by atoms with Crippen molar-refractivity contribution >= 4 is 27.9 Å². The maximum absolute atomic E-state index is 9.95. The molecule has 2 rings (SSSR count). The van der Waals surface area contributed by atoms with E-state index in [-0.39, 0.29) is 0 Å². The zero-order valence-corrected chi connectivity index (χ0v) is 8.42. The van der Waals surface area contributed by atoms with Gasteiger partial charge >= 0.3 is 0 Å². The first-order valence-electron chi connectivity index (χ1n) is 4.41. The van der Waals surface area contributed by atoms with E-state index in [0.717, 1.165) is 6.42 Å². The molecule has 0 radical (unpaired) electrons. The van der Waals surface area contributed by atoms with Crippen LogP contribution in [0, 0.1) is 0 Å². The van der Waals surface area contributed by atoms with E-state index in [0.29, 0.717) is 13.1 Å². The Hall–Kier alpha value is -1.35. The number of benzene rings is 1. The van der Waals surface area contributed by atoms with Crippen molar-refractivity contribution in [1.82, 2.24) is 0 Å². The molecule has 0 N–H and O–H groups in total. The summed E-state index contributed by atoms with van der Waals surface area (Å²) in [7, 11) is 0. The van der Waals surface area contributed by atoms with Crippen molar-refractivity contribution in [2.75, 3.05) is 6.61 Å². The van der Waals surface area contributed by atoms with Gasteiger partial charge in [0, 0.05) is 11.1 Å². The van der Waals surface area contributed by atoms with Gasteiger partial charge in [-0.1, -0.05) is 12.1 Å². The van der Waals surface area contributed by atoms with Crippen molar-refractivity contribution in [3.05, 3.63) is 35.2 Å². The molecule has 3 heteroatoms. The van der Waals surface area contributed by atoms with E-state index in [2.05, 4.69) is 34.4 Å². The van der Waals surface area contributed by atoms with Crippen LogP contribution in [-0.4, -0.2) is 13.1 Å². The molecule has 0 saturated carbocycles. The first kappa shape index (κ1) is 9.21. The van der Waals surface area contributed by atoms with Gasteiger partial charge in [-0.2, -0.15) is 0 Å². The first-order chi connectivity index (χ1) is 6.90. The predicted octanol–water partition coefficient (Wildman–Crippen LogP) is 2.62. The van der Waals surface area contributed by atoms with Crippen molar-refractivity contribution in [3.8, 4) is 0 Å². The summed E-state index contributed by atoms with van der Waals surface area (Å²) >= 11 is 1.74. The van der Waals surface area contributed by atoms with Crippen LogP contribution in [0.15, 0.2) is 29.6 Å². The molecule has 0 saturated heterocycles. The van der Waals surface area contributed by atoms with Crippen LogP contribution in [0.2, 0.25) is 0 Å². The fourth-order valence-corrected chi connectivity index (χ4v) is 2.17. The Kier molecular flexibility index (Phi) is 2.79. The van der Waals surface area contributed by atoms with Gasteiger partial charge in [0.05, 0.1) is 6.61 Å². The maximum atomic E-state index is 9.95. The average molecular weight is 206 g/mol. The molecule has 0 aliphatic rings. The predicted molar refractivity (Wildman–Crippen MR) is 57.5 cm³/mol. The summed E-state index contributed by atoms with van der Waals surface area (Å²) in [5, 5.41) is 3.34. The van der Waals surface area contributed by atoms with Gasteiger partial charge in [-0.3, -0.25) is 4.79 Å². The van der Waals surface area contributed by atoms with Crippen LogP contribution in [0.4, 0.5) is 0 Å². The Balaban J connectivity index is 2.13. The number of carbonyl (C=O) groups is 1. The molecule has 2 nitrogen and oxygen atoms in total. The van der Waals surface area contributed by atoms with Gasteiger partial charge in [0.1, 0.15) is 0 Å². The molecule has 0 fully saturated rings. The molecule has 0 atom stereocenters. The van der Waals surface area contributed by atoms with Gasteiger partial charge in [-0.25, -0.2) is 0 Å². The molecule has 0 bridgehead atoms. The highest BCUT2D eigenvalue weighted by Crippen LogP contribution is 2.21. The van der Waals surface area contributed by atoms with Crippen molar-refractivity contribution in [1.29, 1.82) is 0 Å². The second kappa shape index (κ2) is 4.24. The van der Waals surface area contributed by atoms with Crippen LogP contribution in [0.25, 0.3) is 10.1 Å². The Morgan fingerprint density at radius 2 is 2.29 bits per heavy atom. The van der Waals surface area contributed by atoms with E-state index >= 15 is 0 Å². The number of thiophene rings is 1. The summed E-state index contributed by atoms with van der Waals surface area (Å²) in [4.78, 5) is 9.95. The first-order valence-corrected chi connectivity index (χ1v) is 5.29. The molecule has 1 aromatic carbocycles. The summed E-state index contributed by atoms with van der Waals surface area (Å²) in [6, 6.07) is 8.42. The number of carbonyl (C=O) groups excluding carboxylic acids is 1. The van der Waals surface area contributed by atoms with Crippen LogP contribution in [0.5, 0.6) is 0 Å². The van der Waals surface area contributed by atoms with E-state index in [4.69, 9.17) is 0 Å². The fourth-order valence-electron chi connectivity index (χ4n) is 1.40. The SMILES string of the molecule is O=COCCc1ccc2sccc2c1. The number of fused-ring (bicyclic) bond motifs is 1. The quantitative estimate of drug-likeness (QED) is 0.567. The summed E-state index contributed by atoms with van der Waals surface area (Å²) < 4.78 is 5.95. The molecule has 0 aliphatic carbocycles. The van der Waals surface area contributed by atoms with Gasteiger partial charge in [0.25, 0.3) is 6.47 Å². The summed E-state index contributed by atoms with van der Waals surface area (Å²) in [5.41, 5.74) is 1.21. The third kappa shape index (κ3) is 1.93. The molecule has 0 aliphatic heterocycles. The van der Waals surface area contributed by atoms with E-state index in [1.54, 1.807) is 11.3 Å². The Morgan fingerprint density at radius 1 is 1.36 bits per heavy atom. The monoisotopic (exact) mass is 206 g/mol. The zero-order valence-electron chi connectivity index (χ0n) is 7.60. The molecule has 0 spiro atoms. The Morgan fingerprint density at radius 3 is 3.14 bits per heavy atom. The van der Waals surface area contributed by atoms with Crippen LogP contribution in [0.3, 0.4) is 0 Å². The zero-order chi connectivity index (χ0) is 9.80. The minimum absolute atomic E-state index is 0.457. The normalized spacial score (nSPS) is 10.3. The molecule has 1 aromatic heterocycles. The summed E-state index contributed by atoms with van der Waals surface area (Å²) in [5.74, 6) is 0. The number of ether oxygens (including phenoxy) is 1. The Labute approximate surface area is 86.1 Å². The largest absolute Gasteiger partial charge is 0.468 e. The third-order valence-electron chi connectivity index (χ3n) is 2.09. The third-order valence-corrected chi connectivity index (χ3v) is 2.99. The second-order valence-corrected chi connectivity index (χ2v) is 3.96. The topological polar surface area (TPSA) is 26.3 Å². The summed E-state index contributed by atoms with van der Waals surface area (Å²) in [6.45, 7) is 0.947. The highest BCUT2D eigenvalue weighted by atomic mass is 32.1. The average Bonchev–Trinajstić information content (AvgIpc) is 2.65. The number of hydrogen-bond donors (Lipinski definition) is 0. The minimum Gasteiger partial charge on any atom is -0.468 e. The standard InChI is InChI=1S/C11H10O2S/c12-8-13-5-3-9-1-2-11-10(7-9)4-6-14-11/h1-2,4,6-8H,3,5H2. The lowest BCUT2D eigenvalue weighted by Crippen LogP contribution is -1.95. The van der Waals surface area contributed by atoms with Gasteiger partial charge in [0.15, 0.2) is 0 Å². The molecule has 72 valence electrons. The van der Waals surface area contributed by atoms with Crippen molar-refractivity contribution in [2.45, 2.75) is 6.42 Å². The molecular weight excluding hydrogens is 196 g/mol. The maximum Gasteiger partial charge on any atom is 0.293 e. The highest BCUT2D eigenvalue weighted by Gasteiger charge is 1.97. The second-order valence-electron chi connectivity index (χ2n) is 3.01. The van der Waals surface area contributed by atoms with Crippen LogP contribution < -0.4 is 0 Å². The molecule has 0 unspecified atom stereocenters. The van der Waals surface area contributed by atoms with Gasteiger partial charge in [0.2, 0.25) is 0 Å². The highest BCUT2D eigenvalue weighted by molar-refractivity contribution is 7.17. The minimum atomic E-state index is 0.457. The smallest absolute Gasteiger partial charge is 0.293 e. The number of rotatable bonds is 4. The van der Waals surface area contributed by atoms with Crippen molar-refractivity contribution < 1.29 is 9.53 Å². The van der Waals surface area contributed by atoms with E-state index in [9.17, 15) is 4.79 Å². The molecule has 2 aromatic rings. The van der Waals surface area contributed by atoms with Crippen molar-refractivity contribution in [2.24, 2.45) is 0 Å². The lowest BCUT2D eigenvalue weighted by atomic mass is 10.1. The van der Waals surface area contributed by atoms with Gasteiger partial charge < -0.3 is 4.74 Å². The lowest BCUT2D eigenvalue weighted by molar-refractivity contribution is -0.128. The molecule has 14 heavy (non-hydrogen) atoms. The van der Waals surface area contributed by atoms with Gasteiger partial charge in [-0.15, -0.1) is 11.3 Å². The van der Waals surface area contributed by atoms with E-state index < -0.39 is 0 Å². The summed E-state index contributed by atoms with van der Waals surface area (Å²) in [6.07, 6.45) is 0.782. The van der Waals surface area contributed by atoms with E-state index in [1.165, 1.54) is 15.6 Å². The van der Waals surface area contributed by atoms with Crippen molar-refractivity contribution in [3.63, 3.8) is 0 Å². The molecular formula is C11H10O2S. The molecule has 1 heterocycles.